The fraction of sp³-hybridized carbons (Fsp3) is 0.375. The van der Waals surface area contributed by atoms with Crippen LogP contribution in [0.3, 0.4) is 0 Å². The highest BCUT2D eigenvalue weighted by molar-refractivity contribution is 5.87. The topological polar surface area (TPSA) is 66.6 Å². The average molecular weight is 286 g/mol. The fourth-order valence-corrected chi connectivity index (χ4v) is 2.77. The van der Waals surface area contributed by atoms with Crippen LogP contribution in [0.2, 0.25) is 0 Å². The normalized spacial score (nSPS) is 15.2. The summed E-state index contributed by atoms with van der Waals surface area (Å²) in [7, 11) is 0. The maximum atomic E-state index is 11.0. The SMILES string of the molecule is Cc1ccc(N2CCCCC2)c(-c2cc(C(=O)O)on2)c1. The zero-order valence-electron chi connectivity index (χ0n) is 12.0. The first-order valence-corrected chi connectivity index (χ1v) is 7.21. The van der Waals surface area contributed by atoms with Crippen LogP contribution < -0.4 is 4.90 Å². The Kier molecular flexibility index (Phi) is 3.64. The lowest BCUT2D eigenvalue weighted by Gasteiger charge is -2.30. The number of piperidine rings is 1. The van der Waals surface area contributed by atoms with E-state index >= 15 is 0 Å². The van der Waals surface area contributed by atoms with Crippen LogP contribution in [-0.2, 0) is 0 Å². The Morgan fingerprint density at radius 1 is 1.24 bits per heavy atom. The molecule has 1 aromatic carbocycles. The first-order valence-electron chi connectivity index (χ1n) is 7.21. The molecule has 5 nitrogen and oxygen atoms in total. The van der Waals surface area contributed by atoms with Gasteiger partial charge >= 0.3 is 5.97 Å². The second-order valence-electron chi connectivity index (χ2n) is 5.45. The fourth-order valence-electron chi connectivity index (χ4n) is 2.77. The number of benzene rings is 1. The molecule has 21 heavy (non-hydrogen) atoms. The molecule has 0 aliphatic carbocycles. The van der Waals surface area contributed by atoms with Crippen molar-refractivity contribution < 1.29 is 14.4 Å². The van der Waals surface area contributed by atoms with Gasteiger partial charge in [0, 0.05) is 30.4 Å². The molecule has 1 aromatic heterocycles. The molecule has 2 heterocycles. The molecule has 1 fully saturated rings. The summed E-state index contributed by atoms with van der Waals surface area (Å²) in [5.41, 5.74) is 3.74. The molecule has 1 N–H and O–H groups in total. The molecule has 110 valence electrons. The molecule has 3 rings (SSSR count). The first-order chi connectivity index (χ1) is 10.1. The quantitative estimate of drug-likeness (QED) is 0.937. The largest absolute Gasteiger partial charge is 0.475 e. The van der Waals surface area contributed by atoms with Crippen molar-refractivity contribution in [2.24, 2.45) is 0 Å². The Balaban J connectivity index is 2.02. The van der Waals surface area contributed by atoms with E-state index in [9.17, 15) is 4.79 Å². The van der Waals surface area contributed by atoms with Gasteiger partial charge in [-0.3, -0.25) is 0 Å². The standard InChI is InChI=1S/C16H18N2O3/c1-11-5-6-14(18-7-3-2-4-8-18)12(9-11)13-10-15(16(19)20)21-17-13/h5-6,9-10H,2-4,7-8H2,1H3,(H,19,20). The van der Waals surface area contributed by atoms with Gasteiger partial charge < -0.3 is 14.5 Å². The van der Waals surface area contributed by atoms with Crippen LogP contribution in [0.1, 0.15) is 35.4 Å². The van der Waals surface area contributed by atoms with Crippen LogP contribution in [0, 0.1) is 6.92 Å². The number of carbonyl (C=O) groups is 1. The number of hydrogen-bond donors (Lipinski definition) is 1. The third-order valence-corrected chi connectivity index (χ3v) is 3.85. The Bertz CT molecular complexity index is 657. The van der Waals surface area contributed by atoms with Gasteiger partial charge in [0.15, 0.2) is 0 Å². The zero-order valence-corrected chi connectivity index (χ0v) is 12.0. The summed E-state index contributed by atoms with van der Waals surface area (Å²) in [4.78, 5) is 13.3. The smallest absolute Gasteiger partial charge is 0.374 e. The molecule has 0 radical (unpaired) electrons. The minimum absolute atomic E-state index is 0.129. The van der Waals surface area contributed by atoms with Crippen molar-refractivity contribution in [1.29, 1.82) is 0 Å². The lowest BCUT2D eigenvalue weighted by Crippen LogP contribution is -2.29. The van der Waals surface area contributed by atoms with Crippen molar-refractivity contribution in [3.8, 4) is 11.3 Å². The molecule has 5 heteroatoms. The Hall–Kier alpha value is -2.30. The van der Waals surface area contributed by atoms with E-state index < -0.39 is 5.97 Å². The van der Waals surface area contributed by atoms with Crippen LogP contribution in [-0.4, -0.2) is 29.3 Å². The van der Waals surface area contributed by atoms with Crippen molar-refractivity contribution in [3.63, 3.8) is 0 Å². The van der Waals surface area contributed by atoms with E-state index in [1.807, 2.05) is 13.0 Å². The van der Waals surface area contributed by atoms with E-state index in [-0.39, 0.29) is 5.76 Å². The van der Waals surface area contributed by atoms with Crippen LogP contribution >= 0.6 is 0 Å². The van der Waals surface area contributed by atoms with E-state index in [1.54, 1.807) is 0 Å². The Labute approximate surface area is 123 Å². The first kappa shape index (κ1) is 13.7. The number of hydrogen-bond acceptors (Lipinski definition) is 4. The minimum Gasteiger partial charge on any atom is -0.475 e. The highest BCUT2D eigenvalue weighted by Crippen LogP contribution is 2.33. The Morgan fingerprint density at radius 2 is 2.00 bits per heavy atom. The summed E-state index contributed by atoms with van der Waals surface area (Å²) in [5.74, 6) is -1.22. The predicted octanol–water partition coefficient (Wildman–Crippen LogP) is 3.34. The number of carboxylic acid groups (broad SMARTS) is 1. The summed E-state index contributed by atoms with van der Waals surface area (Å²) >= 11 is 0. The monoisotopic (exact) mass is 286 g/mol. The number of aromatic carboxylic acids is 1. The number of rotatable bonds is 3. The van der Waals surface area contributed by atoms with Crippen molar-refractivity contribution in [1.82, 2.24) is 5.16 Å². The predicted molar refractivity (Wildman–Crippen MR) is 79.7 cm³/mol. The zero-order chi connectivity index (χ0) is 14.8. The van der Waals surface area contributed by atoms with Crippen LogP contribution in [0.5, 0.6) is 0 Å². The van der Waals surface area contributed by atoms with Gasteiger partial charge in [-0.05, 0) is 38.3 Å². The van der Waals surface area contributed by atoms with Gasteiger partial charge in [0.2, 0.25) is 5.76 Å². The van der Waals surface area contributed by atoms with E-state index in [1.165, 1.54) is 25.3 Å². The summed E-state index contributed by atoms with van der Waals surface area (Å²) in [6.45, 7) is 4.07. The lowest BCUT2D eigenvalue weighted by atomic mass is 10.0. The van der Waals surface area contributed by atoms with Gasteiger partial charge in [-0.25, -0.2) is 4.79 Å². The summed E-state index contributed by atoms with van der Waals surface area (Å²) in [5, 5.41) is 12.9. The summed E-state index contributed by atoms with van der Waals surface area (Å²) in [6.07, 6.45) is 3.64. The van der Waals surface area contributed by atoms with Gasteiger partial charge in [-0.2, -0.15) is 0 Å². The third kappa shape index (κ3) is 2.77. The van der Waals surface area contributed by atoms with Crippen molar-refractivity contribution in [3.05, 3.63) is 35.6 Å². The van der Waals surface area contributed by atoms with Gasteiger partial charge in [-0.15, -0.1) is 0 Å². The number of aryl methyl sites for hydroxylation is 1. The van der Waals surface area contributed by atoms with E-state index in [2.05, 4.69) is 22.2 Å². The molecule has 0 amide bonds. The van der Waals surface area contributed by atoms with E-state index in [0.717, 1.165) is 29.9 Å². The summed E-state index contributed by atoms with van der Waals surface area (Å²) in [6, 6.07) is 7.69. The van der Waals surface area contributed by atoms with Crippen molar-refractivity contribution in [2.45, 2.75) is 26.2 Å². The molecule has 0 bridgehead atoms. The van der Waals surface area contributed by atoms with E-state index in [4.69, 9.17) is 9.63 Å². The molecule has 0 unspecified atom stereocenters. The van der Waals surface area contributed by atoms with Crippen LogP contribution in [0.15, 0.2) is 28.8 Å². The van der Waals surface area contributed by atoms with Gasteiger partial charge in [0.05, 0.1) is 0 Å². The van der Waals surface area contributed by atoms with Gasteiger partial charge in [0.1, 0.15) is 5.69 Å². The minimum atomic E-state index is -1.10. The maximum absolute atomic E-state index is 11.0. The molecule has 1 aliphatic rings. The molecule has 1 aliphatic heterocycles. The molecular weight excluding hydrogens is 268 g/mol. The van der Waals surface area contributed by atoms with Crippen LogP contribution in [0.4, 0.5) is 5.69 Å². The van der Waals surface area contributed by atoms with Crippen LogP contribution in [0.25, 0.3) is 11.3 Å². The number of anilines is 1. The number of nitrogens with zero attached hydrogens (tertiary/aromatic N) is 2. The lowest BCUT2D eigenvalue weighted by molar-refractivity contribution is 0.0652. The molecular formula is C16H18N2O3. The second kappa shape index (κ2) is 5.60. The molecule has 0 atom stereocenters. The highest BCUT2D eigenvalue weighted by atomic mass is 16.5. The van der Waals surface area contributed by atoms with Crippen molar-refractivity contribution in [2.75, 3.05) is 18.0 Å². The van der Waals surface area contributed by atoms with Gasteiger partial charge in [0.25, 0.3) is 0 Å². The van der Waals surface area contributed by atoms with Crippen molar-refractivity contribution >= 4 is 11.7 Å². The van der Waals surface area contributed by atoms with E-state index in [0.29, 0.717) is 5.69 Å². The average Bonchev–Trinajstić information content (AvgIpc) is 2.98. The van der Waals surface area contributed by atoms with Gasteiger partial charge in [-0.1, -0.05) is 16.8 Å². The third-order valence-electron chi connectivity index (χ3n) is 3.85. The molecule has 2 aromatic rings. The second-order valence-corrected chi connectivity index (χ2v) is 5.45. The maximum Gasteiger partial charge on any atom is 0.374 e. The molecule has 0 spiro atoms. The number of carboxylic acids is 1. The summed E-state index contributed by atoms with van der Waals surface area (Å²) < 4.78 is 4.89. The highest BCUT2D eigenvalue weighted by Gasteiger charge is 2.19. The Morgan fingerprint density at radius 3 is 2.67 bits per heavy atom. The molecule has 0 saturated carbocycles. The number of aromatic nitrogens is 1. The molecule has 1 saturated heterocycles.